The molecule has 4 heterocycles. The summed E-state index contributed by atoms with van der Waals surface area (Å²) in [6, 6.07) is 14.4. The van der Waals surface area contributed by atoms with Gasteiger partial charge in [0.05, 0.1) is 19.4 Å². The number of aromatic nitrogens is 3. The van der Waals surface area contributed by atoms with Crippen LogP contribution in [0.1, 0.15) is 22.4 Å². The van der Waals surface area contributed by atoms with Gasteiger partial charge in [-0.3, -0.25) is 9.88 Å². The van der Waals surface area contributed by atoms with Crippen molar-refractivity contribution >= 4 is 22.6 Å². The summed E-state index contributed by atoms with van der Waals surface area (Å²) in [5, 5.41) is 1.86. The molecule has 1 aromatic carbocycles. The van der Waals surface area contributed by atoms with Crippen LogP contribution in [0.3, 0.4) is 0 Å². The first-order valence-corrected chi connectivity index (χ1v) is 12.2. The average molecular weight is 477 g/mol. The van der Waals surface area contributed by atoms with Crippen molar-refractivity contribution in [3.8, 4) is 5.75 Å². The molecular weight excluding hydrogens is 448 g/mol. The standard InChI is InChI=1S/C27H29ClN4O2/c28-23-5-1-20(2-6-23)3-7-24-8-4-21(17-29-24)15-22-18-30-27-26(22)16-25(19-31-27)34-14-11-32-9-12-33-13-10-32/h1-2,4-6,8,16-19H,3,7,9-15H2,(H,30,31). The second-order valence-electron chi connectivity index (χ2n) is 8.64. The lowest BCUT2D eigenvalue weighted by molar-refractivity contribution is 0.0322. The van der Waals surface area contributed by atoms with Crippen LogP contribution in [-0.4, -0.2) is 59.3 Å². The van der Waals surface area contributed by atoms with E-state index in [1.165, 1.54) is 16.7 Å². The van der Waals surface area contributed by atoms with Gasteiger partial charge >= 0.3 is 0 Å². The highest BCUT2D eigenvalue weighted by molar-refractivity contribution is 6.30. The summed E-state index contributed by atoms with van der Waals surface area (Å²) in [4.78, 5) is 14.9. The lowest BCUT2D eigenvalue weighted by atomic mass is 10.0. The number of ether oxygens (including phenoxy) is 2. The number of aryl methyl sites for hydroxylation is 2. The van der Waals surface area contributed by atoms with Crippen LogP contribution < -0.4 is 4.74 Å². The Labute approximate surface area is 204 Å². The molecule has 0 spiro atoms. The molecule has 0 amide bonds. The average Bonchev–Trinajstić information content (AvgIpc) is 3.27. The van der Waals surface area contributed by atoms with Crippen LogP contribution in [0.2, 0.25) is 5.02 Å². The van der Waals surface area contributed by atoms with Gasteiger partial charge in [0.15, 0.2) is 0 Å². The van der Waals surface area contributed by atoms with Gasteiger partial charge in [-0.2, -0.15) is 0 Å². The molecule has 1 aliphatic rings. The second kappa shape index (κ2) is 11.0. The van der Waals surface area contributed by atoms with E-state index in [-0.39, 0.29) is 0 Å². The number of pyridine rings is 2. The van der Waals surface area contributed by atoms with Gasteiger partial charge in [-0.15, -0.1) is 0 Å². The minimum absolute atomic E-state index is 0.647. The van der Waals surface area contributed by atoms with Crippen molar-refractivity contribution in [3.63, 3.8) is 0 Å². The summed E-state index contributed by atoms with van der Waals surface area (Å²) in [6.07, 6.45) is 8.45. The lowest BCUT2D eigenvalue weighted by Gasteiger charge is -2.26. The first kappa shape index (κ1) is 22.8. The predicted molar refractivity (Wildman–Crippen MR) is 135 cm³/mol. The highest BCUT2D eigenvalue weighted by Crippen LogP contribution is 2.24. The number of nitrogens with zero attached hydrogens (tertiary/aromatic N) is 3. The molecule has 1 saturated heterocycles. The molecule has 3 aromatic heterocycles. The molecule has 1 fully saturated rings. The second-order valence-corrected chi connectivity index (χ2v) is 9.08. The number of morpholine rings is 1. The van der Waals surface area contributed by atoms with E-state index in [2.05, 4.69) is 50.2 Å². The van der Waals surface area contributed by atoms with E-state index in [1.54, 1.807) is 6.20 Å². The fourth-order valence-electron chi connectivity index (χ4n) is 4.23. The minimum atomic E-state index is 0.647. The molecule has 1 N–H and O–H groups in total. The van der Waals surface area contributed by atoms with Crippen LogP contribution in [0.5, 0.6) is 5.75 Å². The lowest BCUT2D eigenvalue weighted by Crippen LogP contribution is -2.38. The molecule has 34 heavy (non-hydrogen) atoms. The fourth-order valence-corrected chi connectivity index (χ4v) is 4.36. The van der Waals surface area contributed by atoms with Crippen LogP contribution in [0.15, 0.2) is 61.1 Å². The summed E-state index contributed by atoms with van der Waals surface area (Å²) in [5.41, 5.74) is 5.61. The monoisotopic (exact) mass is 476 g/mol. The minimum Gasteiger partial charge on any atom is -0.491 e. The Morgan fingerprint density at radius 1 is 0.971 bits per heavy atom. The van der Waals surface area contributed by atoms with Gasteiger partial charge < -0.3 is 14.5 Å². The van der Waals surface area contributed by atoms with Crippen LogP contribution in [0.4, 0.5) is 0 Å². The Hall–Kier alpha value is -2.93. The molecule has 0 radical (unpaired) electrons. The molecule has 0 atom stereocenters. The maximum atomic E-state index is 6.00. The van der Waals surface area contributed by atoms with Crippen molar-refractivity contribution in [2.45, 2.75) is 19.3 Å². The zero-order valence-corrected chi connectivity index (χ0v) is 19.9. The van der Waals surface area contributed by atoms with Gasteiger partial charge in [-0.05, 0) is 53.8 Å². The fraction of sp³-hybridized carbons (Fsp3) is 0.333. The number of hydrogen-bond acceptors (Lipinski definition) is 5. The summed E-state index contributed by atoms with van der Waals surface area (Å²) in [7, 11) is 0. The summed E-state index contributed by atoms with van der Waals surface area (Å²) in [5.74, 6) is 0.803. The number of rotatable bonds is 9. The van der Waals surface area contributed by atoms with E-state index >= 15 is 0 Å². The van der Waals surface area contributed by atoms with Crippen molar-refractivity contribution in [2.75, 3.05) is 39.5 Å². The third-order valence-corrected chi connectivity index (χ3v) is 6.49. The maximum Gasteiger partial charge on any atom is 0.138 e. The van der Waals surface area contributed by atoms with Gasteiger partial charge in [0, 0.05) is 54.6 Å². The van der Waals surface area contributed by atoms with Crippen LogP contribution in [0.25, 0.3) is 11.0 Å². The van der Waals surface area contributed by atoms with E-state index in [1.807, 2.05) is 24.5 Å². The molecule has 1 aliphatic heterocycles. The van der Waals surface area contributed by atoms with Crippen LogP contribution >= 0.6 is 11.6 Å². The third kappa shape index (κ3) is 5.95. The highest BCUT2D eigenvalue weighted by Gasteiger charge is 2.11. The maximum absolute atomic E-state index is 6.00. The summed E-state index contributed by atoms with van der Waals surface area (Å²) < 4.78 is 11.4. The Morgan fingerprint density at radius 3 is 2.59 bits per heavy atom. The number of hydrogen-bond donors (Lipinski definition) is 1. The highest BCUT2D eigenvalue weighted by atomic mass is 35.5. The van der Waals surface area contributed by atoms with Crippen molar-refractivity contribution in [3.05, 3.63) is 88.5 Å². The number of aromatic amines is 1. The van der Waals surface area contributed by atoms with Crippen molar-refractivity contribution in [2.24, 2.45) is 0 Å². The molecule has 6 nitrogen and oxygen atoms in total. The van der Waals surface area contributed by atoms with E-state index in [9.17, 15) is 0 Å². The number of halogens is 1. The molecular formula is C27H29ClN4O2. The number of benzene rings is 1. The molecule has 7 heteroatoms. The zero-order valence-electron chi connectivity index (χ0n) is 19.2. The van der Waals surface area contributed by atoms with Crippen molar-refractivity contribution < 1.29 is 9.47 Å². The third-order valence-electron chi connectivity index (χ3n) is 6.24. The number of H-pyrrole nitrogens is 1. The van der Waals surface area contributed by atoms with E-state index < -0.39 is 0 Å². The first-order valence-electron chi connectivity index (χ1n) is 11.8. The zero-order chi connectivity index (χ0) is 23.2. The first-order chi connectivity index (χ1) is 16.7. The number of nitrogens with one attached hydrogen (secondary N) is 1. The molecule has 0 bridgehead atoms. The SMILES string of the molecule is Clc1ccc(CCc2ccc(Cc3c[nH]c4ncc(OCCN5CCOCC5)cc34)cn2)cc1. The smallest absolute Gasteiger partial charge is 0.138 e. The Kier molecular flexibility index (Phi) is 7.39. The van der Waals surface area contributed by atoms with Gasteiger partial charge in [0.2, 0.25) is 0 Å². The number of fused-ring (bicyclic) bond motifs is 1. The molecule has 0 aliphatic carbocycles. The van der Waals surface area contributed by atoms with E-state index in [0.717, 1.165) is 79.6 Å². The van der Waals surface area contributed by atoms with Gasteiger partial charge in [-0.1, -0.05) is 29.8 Å². The van der Waals surface area contributed by atoms with Gasteiger partial charge in [0.25, 0.3) is 0 Å². The van der Waals surface area contributed by atoms with Crippen molar-refractivity contribution in [1.82, 2.24) is 19.9 Å². The molecule has 4 aromatic rings. The summed E-state index contributed by atoms with van der Waals surface area (Å²) >= 11 is 5.97. The Bertz CT molecular complexity index is 1200. The molecule has 5 rings (SSSR count). The summed E-state index contributed by atoms with van der Waals surface area (Å²) in [6.45, 7) is 5.09. The molecule has 176 valence electrons. The molecule has 0 unspecified atom stereocenters. The topological polar surface area (TPSA) is 63.3 Å². The predicted octanol–water partition coefficient (Wildman–Crippen LogP) is 4.70. The molecule has 0 saturated carbocycles. The van der Waals surface area contributed by atoms with Crippen LogP contribution in [-0.2, 0) is 24.0 Å². The van der Waals surface area contributed by atoms with E-state index in [0.29, 0.717) is 6.61 Å². The Balaban J connectivity index is 1.18. The Morgan fingerprint density at radius 2 is 1.79 bits per heavy atom. The largest absolute Gasteiger partial charge is 0.491 e. The van der Waals surface area contributed by atoms with E-state index in [4.69, 9.17) is 21.1 Å². The van der Waals surface area contributed by atoms with Crippen molar-refractivity contribution in [1.29, 1.82) is 0 Å². The van der Waals surface area contributed by atoms with Gasteiger partial charge in [-0.25, -0.2) is 4.98 Å². The normalized spacial score (nSPS) is 14.5. The van der Waals surface area contributed by atoms with Crippen LogP contribution in [0, 0.1) is 0 Å². The quantitative estimate of drug-likeness (QED) is 0.379. The van der Waals surface area contributed by atoms with Gasteiger partial charge in [0.1, 0.15) is 18.0 Å².